The number of benzene rings is 4. The van der Waals surface area contributed by atoms with Crippen molar-refractivity contribution < 1.29 is 14.3 Å². The summed E-state index contributed by atoms with van der Waals surface area (Å²) in [4.78, 5) is 29.9. The molecule has 2 amide bonds. The number of piperazine rings is 1. The van der Waals surface area contributed by atoms with Crippen molar-refractivity contribution in [2.24, 2.45) is 0 Å². The van der Waals surface area contributed by atoms with E-state index in [1.54, 1.807) is 13.2 Å². The zero-order chi connectivity index (χ0) is 26.5. The number of nitrogens with one attached hydrogen (secondary N) is 1. The second kappa shape index (κ2) is 11.5. The Morgan fingerprint density at radius 2 is 1.58 bits per heavy atom. The van der Waals surface area contributed by atoms with Crippen LogP contribution in [0.25, 0.3) is 16.8 Å². The van der Waals surface area contributed by atoms with Crippen LogP contribution in [0.5, 0.6) is 5.75 Å². The van der Waals surface area contributed by atoms with Gasteiger partial charge in [-0.25, -0.2) is 0 Å². The van der Waals surface area contributed by atoms with Gasteiger partial charge in [-0.2, -0.15) is 0 Å². The maximum absolute atomic E-state index is 13.2. The number of anilines is 2. The number of halogens is 1. The SMILES string of the molecule is COc1c(C(=O)Nc2ccc(N3CCN(C(=O)/C=C/c4ccccc4)CC3)cc2)cc2ccccc2c1Br. The van der Waals surface area contributed by atoms with E-state index in [4.69, 9.17) is 4.74 Å². The number of hydrogen-bond donors (Lipinski definition) is 1. The standard InChI is InChI=1S/C31H28BrN3O3/c1-38-30-27(21-23-9-5-6-10-26(23)29(30)32)31(37)33-24-12-14-25(15-13-24)34-17-19-35(20-18-34)28(36)16-11-22-7-3-2-4-8-22/h2-16,21H,17-20H2,1H3,(H,33,37)/b16-11+. The molecule has 0 aromatic heterocycles. The Kier molecular flexibility index (Phi) is 7.75. The third-order valence-corrected chi connectivity index (χ3v) is 7.48. The topological polar surface area (TPSA) is 61.9 Å². The number of rotatable bonds is 6. The normalized spacial score (nSPS) is 13.6. The van der Waals surface area contributed by atoms with E-state index in [9.17, 15) is 9.59 Å². The van der Waals surface area contributed by atoms with Gasteiger partial charge in [0.15, 0.2) is 0 Å². The van der Waals surface area contributed by atoms with Gasteiger partial charge in [0.1, 0.15) is 5.75 Å². The largest absolute Gasteiger partial charge is 0.495 e. The number of carbonyl (C=O) groups is 2. The molecule has 5 rings (SSSR count). The fraction of sp³-hybridized carbons (Fsp3) is 0.161. The first-order valence-corrected chi connectivity index (χ1v) is 13.3. The van der Waals surface area contributed by atoms with Gasteiger partial charge in [0.25, 0.3) is 5.91 Å². The van der Waals surface area contributed by atoms with Crippen molar-refractivity contribution in [3.05, 3.63) is 107 Å². The molecular formula is C31H28BrN3O3. The molecule has 0 spiro atoms. The molecule has 192 valence electrons. The van der Waals surface area contributed by atoms with Crippen LogP contribution in [-0.2, 0) is 4.79 Å². The van der Waals surface area contributed by atoms with E-state index in [0.717, 1.165) is 39.6 Å². The van der Waals surface area contributed by atoms with Crippen LogP contribution in [0.15, 0.2) is 95.5 Å². The summed E-state index contributed by atoms with van der Waals surface area (Å²) in [5.41, 5.74) is 3.23. The predicted octanol–water partition coefficient (Wildman–Crippen LogP) is 6.23. The van der Waals surface area contributed by atoms with Gasteiger partial charge >= 0.3 is 0 Å². The summed E-state index contributed by atoms with van der Waals surface area (Å²) in [6, 6.07) is 27.3. The van der Waals surface area contributed by atoms with Crippen molar-refractivity contribution in [3.63, 3.8) is 0 Å². The molecule has 0 unspecified atom stereocenters. The summed E-state index contributed by atoms with van der Waals surface area (Å²) in [5.74, 6) is 0.294. The monoisotopic (exact) mass is 569 g/mol. The van der Waals surface area contributed by atoms with Crippen LogP contribution in [0.4, 0.5) is 11.4 Å². The summed E-state index contributed by atoms with van der Waals surface area (Å²) < 4.78 is 6.31. The van der Waals surface area contributed by atoms with E-state index in [2.05, 4.69) is 26.1 Å². The summed E-state index contributed by atoms with van der Waals surface area (Å²) in [6.45, 7) is 2.82. The molecule has 0 radical (unpaired) electrons. The predicted molar refractivity (Wildman–Crippen MR) is 157 cm³/mol. The molecule has 1 fully saturated rings. The van der Waals surface area contributed by atoms with Gasteiger partial charge in [-0.15, -0.1) is 0 Å². The highest BCUT2D eigenvalue weighted by molar-refractivity contribution is 9.10. The van der Waals surface area contributed by atoms with E-state index in [-0.39, 0.29) is 11.8 Å². The lowest BCUT2D eigenvalue weighted by Gasteiger charge is -2.35. The minimum atomic E-state index is -0.239. The highest BCUT2D eigenvalue weighted by atomic mass is 79.9. The molecule has 38 heavy (non-hydrogen) atoms. The van der Waals surface area contributed by atoms with Crippen molar-refractivity contribution in [1.29, 1.82) is 0 Å². The van der Waals surface area contributed by atoms with Gasteiger partial charge in [-0.3, -0.25) is 9.59 Å². The van der Waals surface area contributed by atoms with E-state index >= 15 is 0 Å². The lowest BCUT2D eigenvalue weighted by atomic mass is 10.0. The molecule has 7 heteroatoms. The molecule has 4 aromatic carbocycles. The van der Waals surface area contributed by atoms with Crippen molar-refractivity contribution in [1.82, 2.24) is 4.90 Å². The van der Waals surface area contributed by atoms with Gasteiger partial charge < -0.3 is 19.9 Å². The van der Waals surface area contributed by atoms with Gasteiger partial charge in [0.2, 0.25) is 5.91 Å². The first kappa shape index (κ1) is 25.5. The Bertz CT molecular complexity index is 1480. The fourth-order valence-electron chi connectivity index (χ4n) is 4.63. The van der Waals surface area contributed by atoms with E-state index < -0.39 is 0 Å². The lowest BCUT2D eigenvalue weighted by Crippen LogP contribution is -2.48. The maximum atomic E-state index is 13.2. The molecular weight excluding hydrogens is 542 g/mol. The van der Waals surface area contributed by atoms with Crippen molar-refractivity contribution in [3.8, 4) is 5.75 Å². The number of carbonyl (C=O) groups excluding carboxylic acids is 2. The minimum absolute atomic E-state index is 0.0299. The van der Waals surface area contributed by atoms with Gasteiger partial charge in [-0.1, -0.05) is 54.6 Å². The Morgan fingerprint density at radius 3 is 2.29 bits per heavy atom. The zero-order valence-corrected chi connectivity index (χ0v) is 22.6. The second-order valence-corrected chi connectivity index (χ2v) is 9.84. The third-order valence-electron chi connectivity index (χ3n) is 6.69. The summed E-state index contributed by atoms with van der Waals surface area (Å²) >= 11 is 3.59. The van der Waals surface area contributed by atoms with E-state index in [1.807, 2.05) is 95.9 Å². The summed E-state index contributed by atoms with van der Waals surface area (Å²) in [6.07, 6.45) is 3.50. The average Bonchev–Trinajstić information content (AvgIpc) is 2.97. The molecule has 0 aliphatic carbocycles. The van der Waals surface area contributed by atoms with Crippen molar-refractivity contribution in [2.45, 2.75) is 0 Å². The first-order chi connectivity index (χ1) is 18.5. The number of methoxy groups -OCH3 is 1. The number of amides is 2. The Hall–Kier alpha value is -4.10. The van der Waals surface area contributed by atoms with Crippen LogP contribution in [-0.4, -0.2) is 50.0 Å². The minimum Gasteiger partial charge on any atom is -0.495 e. The number of fused-ring (bicyclic) bond motifs is 1. The molecule has 6 nitrogen and oxygen atoms in total. The summed E-state index contributed by atoms with van der Waals surface area (Å²) in [5, 5.41) is 4.92. The molecule has 4 aromatic rings. The van der Waals surface area contributed by atoms with Crippen LogP contribution in [0, 0.1) is 0 Å². The zero-order valence-electron chi connectivity index (χ0n) is 21.1. The quantitative estimate of drug-likeness (QED) is 0.280. The first-order valence-electron chi connectivity index (χ1n) is 12.5. The highest BCUT2D eigenvalue weighted by Gasteiger charge is 2.21. The molecule has 0 saturated carbocycles. The van der Waals surface area contributed by atoms with Crippen molar-refractivity contribution in [2.75, 3.05) is 43.5 Å². The number of hydrogen-bond acceptors (Lipinski definition) is 4. The Balaban J connectivity index is 1.20. The van der Waals surface area contributed by atoms with Crippen LogP contribution in [0.3, 0.4) is 0 Å². The molecule has 1 heterocycles. The van der Waals surface area contributed by atoms with Crippen LogP contribution < -0.4 is 15.0 Å². The van der Waals surface area contributed by atoms with Gasteiger partial charge in [-0.05, 0) is 68.7 Å². The van der Waals surface area contributed by atoms with E-state index in [1.165, 1.54) is 0 Å². The lowest BCUT2D eigenvalue weighted by molar-refractivity contribution is -0.126. The van der Waals surface area contributed by atoms with Gasteiger partial charge in [0.05, 0.1) is 17.1 Å². The second-order valence-electron chi connectivity index (χ2n) is 9.05. The third kappa shape index (κ3) is 5.58. The van der Waals surface area contributed by atoms with Crippen LogP contribution >= 0.6 is 15.9 Å². The van der Waals surface area contributed by atoms with E-state index in [0.29, 0.717) is 30.1 Å². The maximum Gasteiger partial charge on any atom is 0.259 e. The highest BCUT2D eigenvalue weighted by Crippen LogP contribution is 2.37. The molecule has 1 aliphatic heterocycles. The van der Waals surface area contributed by atoms with Gasteiger partial charge in [0, 0.05) is 43.6 Å². The summed E-state index contributed by atoms with van der Waals surface area (Å²) in [7, 11) is 1.56. The van der Waals surface area contributed by atoms with Crippen molar-refractivity contribution >= 4 is 56.0 Å². The van der Waals surface area contributed by atoms with Crippen LogP contribution in [0.2, 0.25) is 0 Å². The molecule has 0 bridgehead atoms. The Labute approximate surface area is 230 Å². The molecule has 1 aliphatic rings. The number of nitrogens with zero attached hydrogens (tertiary/aromatic N) is 2. The molecule has 0 atom stereocenters. The molecule has 1 N–H and O–H groups in total. The molecule has 1 saturated heterocycles. The average molecular weight is 570 g/mol. The fourth-order valence-corrected chi connectivity index (χ4v) is 5.37. The Morgan fingerprint density at radius 1 is 0.895 bits per heavy atom. The number of ether oxygens (including phenoxy) is 1. The smallest absolute Gasteiger partial charge is 0.259 e. The van der Waals surface area contributed by atoms with Crippen LogP contribution in [0.1, 0.15) is 15.9 Å².